The zero-order chi connectivity index (χ0) is 13.2. The highest BCUT2D eigenvalue weighted by Gasteiger charge is 2.27. The summed E-state index contributed by atoms with van der Waals surface area (Å²) in [6, 6.07) is 6.24. The summed E-state index contributed by atoms with van der Waals surface area (Å²) in [5.74, 6) is -0.0166. The number of aliphatic hydroxyl groups is 1. The molecule has 0 spiro atoms. The number of nitrogens with one attached hydrogen (secondary N) is 2. The first-order valence-electron chi connectivity index (χ1n) is 7.02. The first-order valence-corrected chi connectivity index (χ1v) is 7.02. The second-order valence-electron chi connectivity index (χ2n) is 5.52. The molecule has 0 saturated carbocycles. The largest absolute Gasteiger partial charge is 0.392 e. The van der Waals surface area contributed by atoms with E-state index in [1.165, 1.54) is 24.0 Å². The molecule has 1 amide bonds. The summed E-state index contributed by atoms with van der Waals surface area (Å²) in [6.07, 6.45) is 3.71. The lowest BCUT2D eigenvalue weighted by molar-refractivity contribution is -0.123. The predicted octanol–water partition coefficient (Wildman–Crippen LogP) is 0.514. The number of carbonyl (C=O) groups is 1. The van der Waals surface area contributed by atoms with Crippen molar-refractivity contribution in [1.29, 1.82) is 0 Å². The van der Waals surface area contributed by atoms with Crippen LogP contribution < -0.4 is 10.6 Å². The lowest BCUT2D eigenvalue weighted by Crippen LogP contribution is -2.40. The Morgan fingerprint density at radius 3 is 3.00 bits per heavy atom. The molecule has 3 N–H and O–H groups in total. The van der Waals surface area contributed by atoms with E-state index in [9.17, 15) is 9.90 Å². The zero-order valence-corrected chi connectivity index (χ0v) is 11.0. The van der Waals surface area contributed by atoms with E-state index in [0.29, 0.717) is 19.5 Å². The van der Waals surface area contributed by atoms with Crippen molar-refractivity contribution in [2.45, 2.75) is 44.4 Å². The van der Waals surface area contributed by atoms with Crippen molar-refractivity contribution in [1.82, 2.24) is 10.6 Å². The molecule has 102 valence electrons. The minimum absolute atomic E-state index is 0.0166. The molecule has 1 aliphatic heterocycles. The van der Waals surface area contributed by atoms with Gasteiger partial charge in [0, 0.05) is 13.1 Å². The molecule has 3 rings (SSSR count). The second kappa shape index (κ2) is 5.31. The number of amides is 1. The third-order valence-corrected chi connectivity index (χ3v) is 4.05. The molecule has 1 fully saturated rings. The van der Waals surface area contributed by atoms with Crippen molar-refractivity contribution >= 4 is 5.91 Å². The first kappa shape index (κ1) is 12.6. The van der Waals surface area contributed by atoms with Crippen molar-refractivity contribution in [3.63, 3.8) is 0 Å². The van der Waals surface area contributed by atoms with E-state index in [2.05, 4.69) is 28.8 Å². The molecule has 0 radical (unpaired) electrons. The van der Waals surface area contributed by atoms with Gasteiger partial charge in [-0.3, -0.25) is 4.79 Å². The summed E-state index contributed by atoms with van der Waals surface area (Å²) in [5, 5.41) is 15.4. The standard InChI is InChI=1S/C15H20N2O2/c18-13-7-14(16-9-13)15(19)17-8-10-4-5-11-2-1-3-12(11)6-10/h4-6,13-14,16,18H,1-3,7-9H2,(H,17,19). The summed E-state index contributed by atoms with van der Waals surface area (Å²) in [7, 11) is 0. The van der Waals surface area contributed by atoms with Gasteiger partial charge in [0.1, 0.15) is 0 Å². The highest BCUT2D eigenvalue weighted by atomic mass is 16.3. The van der Waals surface area contributed by atoms with Crippen molar-refractivity contribution in [2.75, 3.05) is 6.54 Å². The van der Waals surface area contributed by atoms with Crippen molar-refractivity contribution in [3.05, 3.63) is 34.9 Å². The van der Waals surface area contributed by atoms with E-state index >= 15 is 0 Å². The van der Waals surface area contributed by atoms with Gasteiger partial charge in [-0.15, -0.1) is 0 Å². The summed E-state index contributed by atoms with van der Waals surface area (Å²) in [6.45, 7) is 1.08. The molecule has 2 unspecified atom stereocenters. The fraction of sp³-hybridized carbons (Fsp3) is 0.533. The minimum Gasteiger partial charge on any atom is -0.392 e. The maximum atomic E-state index is 11.9. The minimum atomic E-state index is -0.393. The third-order valence-electron chi connectivity index (χ3n) is 4.05. The van der Waals surface area contributed by atoms with E-state index in [1.807, 2.05) is 0 Å². The predicted molar refractivity (Wildman–Crippen MR) is 72.7 cm³/mol. The third kappa shape index (κ3) is 2.80. The molecule has 1 aromatic rings. The SMILES string of the molecule is O=C(NCc1ccc2c(c1)CCC2)C1CC(O)CN1. The number of hydrogen-bond donors (Lipinski definition) is 3. The van der Waals surface area contributed by atoms with Gasteiger partial charge in [0.25, 0.3) is 0 Å². The van der Waals surface area contributed by atoms with Crippen LogP contribution in [0, 0.1) is 0 Å². The van der Waals surface area contributed by atoms with Gasteiger partial charge in [0.15, 0.2) is 0 Å². The van der Waals surface area contributed by atoms with Crippen molar-refractivity contribution in [2.24, 2.45) is 0 Å². The number of aryl methyl sites for hydroxylation is 2. The van der Waals surface area contributed by atoms with Crippen LogP contribution in [0.5, 0.6) is 0 Å². The number of fused-ring (bicyclic) bond motifs is 1. The van der Waals surface area contributed by atoms with E-state index in [1.54, 1.807) is 0 Å². The molecular formula is C15H20N2O2. The number of aliphatic hydroxyl groups excluding tert-OH is 1. The molecule has 1 heterocycles. The second-order valence-corrected chi connectivity index (χ2v) is 5.52. The lowest BCUT2D eigenvalue weighted by atomic mass is 10.1. The van der Waals surface area contributed by atoms with Crippen LogP contribution in [0.2, 0.25) is 0 Å². The molecule has 2 atom stereocenters. The highest BCUT2D eigenvalue weighted by molar-refractivity contribution is 5.82. The van der Waals surface area contributed by atoms with Gasteiger partial charge in [-0.1, -0.05) is 18.2 Å². The fourth-order valence-corrected chi connectivity index (χ4v) is 2.96. The van der Waals surface area contributed by atoms with Gasteiger partial charge >= 0.3 is 0 Å². The summed E-state index contributed by atoms with van der Waals surface area (Å²) in [4.78, 5) is 11.9. The van der Waals surface area contributed by atoms with E-state index < -0.39 is 6.10 Å². The Morgan fingerprint density at radius 1 is 1.37 bits per heavy atom. The molecule has 4 heteroatoms. The van der Waals surface area contributed by atoms with Crippen LogP contribution in [-0.2, 0) is 24.2 Å². The monoisotopic (exact) mass is 260 g/mol. The van der Waals surface area contributed by atoms with Crippen LogP contribution in [0.4, 0.5) is 0 Å². The molecule has 1 saturated heterocycles. The van der Waals surface area contributed by atoms with Crippen LogP contribution in [0.15, 0.2) is 18.2 Å². The lowest BCUT2D eigenvalue weighted by Gasteiger charge is -2.11. The molecule has 4 nitrogen and oxygen atoms in total. The Hall–Kier alpha value is -1.39. The molecule has 19 heavy (non-hydrogen) atoms. The Kier molecular flexibility index (Phi) is 3.53. The Balaban J connectivity index is 1.56. The molecule has 0 aromatic heterocycles. The van der Waals surface area contributed by atoms with Gasteiger partial charge in [-0.05, 0) is 42.4 Å². The number of β-amino-alcohol motifs (C(OH)–C–C–N with tert-alkyl or cyclic N) is 1. The maximum Gasteiger partial charge on any atom is 0.237 e. The van der Waals surface area contributed by atoms with Gasteiger partial charge in [-0.25, -0.2) is 0 Å². The summed E-state index contributed by atoms with van der Waals surface area (Å²) >= 11 is 0. The summed E-state index contributed by atoms with van der Waals surface area (Å²) < 4.78 is 0. The number of hydrogen-bond acceptors (Lipinski definition) is 3. The summed E-state index contributed by atoms with van der Waals surface area (Å²) in [5.41, 5.74) is 4.05. The zero-order valence-electron chi connectivity index (χ0n) is 11.0. The first-order chi connectivity index (χ1) is 9.22. The van der Waals surface area contributed by atoms with Crippen LogP contribution in [-0.4, -0.2) is 29.7 Å². The molecule has 1 aliphatic carbocycles. The highest BCUT2D eigenvalue weighted by Crippen LogP contribution is 2.22. The topological polar surface area (TPSA) is 61.4 Å². The Morgan fingerprint density at radius 2 is 2.21 bits per heavy atom. The van der Waals surface area contributed by atoms with E-state index in [4.69, 9.17) is 0 Å². The van der Waals surface area contributed by atoms with Crippen LogP contribution in [0.1, 0.15) is 29.5 Å². The number of benzene rings is 1. The van der Waals surface area contributed by atoms with Crippen LogP contribution in [0.3, 0.4) is 0 Å². The molecule has 1 aromatic carbocycles. The van der Waals surface area contributed by atoms with Crippen LogP contribution in [0.25, 0.3) is 0 Å². The van der Waals surface area contributed by atoms with Gasteiger partial charge in [-0.2, -0.15) is 0 Å². The normalized spacial score (nSPS) is 25.3. The van der Waals surface area contributed by atoms with E-state index in [0.717, 1.165) is 12.0 Å². The van der Waals surface area contributed by atoms with Crippen molar-refractivity contribution < 1.29 is 9.90 Å². The van der Waals surface area contributed by atoms with Crippen LogP contribution >= 0.6 is 0 Å². The Bertz CT molecular complexity index is 487. The number of rotatable bonds is 3. The fourth-order valence-electron chi connectivity index (χ4n) is 2.96. The molecular weight excluding hydrogens is 240 g/mol. The molecule has 2 aliphatic rings. The van der Waals surface area contributed by atoms with Gasteiger partial charge in [0.05, 0.1) is 12.1 Å². The maximum absolute atomic E-state index is 11.9. The quantitative estimate of drug-likeness (QED) is 0.742. The molecule has 0 bridgehead atoms. The van der Waals surface area contributed by atoms with Gasteiger partial charge < -0.3 is 15.7 Å². The number of carbonyl (C=O) groups excluding carboxylic acids is 1. The average molecular weight is 260 g/mol. The smallest absolute Gasteiger partial charge is 0.237 e. The van der Waals surface area contributed by atoms with Gasteiger partial charge in [0.2, 0.25) is 5.91 Å². The Labute approximate surface area is 113 Å². The van der Waals surface area contributed by atoms with Crippen molar-refractivity contribution in [3.8, 4) is 0 Å². The van der Waals surface area contributed by atoms with E-state index in [-0.39, 0.29) is 11.9 Å². The average Bonchev–Trinajstić information content (AvgIpc) is 3.03.